The van der Waals surface area contributed by atoms with E-state index in [1.54, 1.807) is 26.1 Å². The highest BCUT2D eigenvalue weighted by Gasteiger charge is 2.25. The van der Waals surface area contributed by atoms with Crippen LogP contribution in [0.2, 0.25) is 0 Å². The van der Waals surface area contributed by atoms with Gasteiger partial charge in [-0.3, -0.25) is 19.6 Å². The molecule has 0 aliphatic heterocycles. The van der Waals surface area contributed by atoms with Crippen molar-refractivity contribution in [2.45, 2.75) is 39.4 Å². The van der Waals surface area contributed by atoms with Crippen LogP contribution < -0.4 is 5.32 Å². The molecule has 2 aromatic heterocycles. The van der Waals surface area contributed by atoms with Crippen molar-refractivity contribution < 1.29 is 9.72 Å². The number of amides is 1. The van der Waals surface area contributed by atoms with Gasteiger partial charge in [0, 0.05) is 12.2 Å². The van der Waals surface area contributed by atoms with E-state index in [2.05, 4.69) is 15.5 Å². The number of aromatic nitrogens is 4. The second-order valence-electron chi connectivity index (χ2n) is 5.41. The Balaban J connectivity index is 1.76. The van der Waals surface area contributed by atoms with Gasteiger partial charge in [0.1, 0.15) is 23.8 Å². The Bertz CT molecular complexity index is 743. The van der Waals surface area contributed by atoms with Crippen LogP contribution in [0.1, 0.15) is 34.7 Å². The molecular formula is C13H16N6O3. The van der Waals surface area contributed by atoms with Crippen LogP contribution in [0.25, 0.3) is 0 Å². The molecule has 1 amide bonds. The van der Waals surface area contributed by atoms with Crippen molar-refractivity contribution in [3.8, 4) is 0 Å². The molecule has 0 aromatic carbocycles. The molecular weight excluding hydrogens is 288 g/mol. The molecule has 9 nitrogen and oxygen atoms in total. The summed E-state index contributed by atoms with van der Waals surface area (Å²) in [5.41, 5.74) is 1.17. The lowest BCUT2D eigenvalue weighted by Crippen LogP contribution is -2.26. The molecule has 1 N–H and O–H groups in total. The smallest absolute Gasteiger partial charge is 0.312 e. The Kier molecular flexibility index (Phi) is 3.39. The SMILES string of the molecule is Cc1nn(Cn2ccc(C(=O)NC3CC3)n2)c(C)c1[N+](=O)[O-]. The van der Waals surface area contributed by atoms with Crippen molar-refractivity contribution in [3.05, 3.63) is 39.5 Å². The topological polar surface area (TPSA) is 108 Å². The average molecular weight is 304 g/mol. The van der Waals surface area contributed by atoms with E-state index in [-0.39, 0.29) is 24.3 Å². The molecule has 1 aliphatic rings. The Morgan fingerprint density at radius 2 is 2.18 bits per heavy atom. The van der Waals surface area contributed by atoms with Crippen LogP contribution in [0.3, 0.4) is 0 Å². The summed E-state index contributed by atoms with van der Waals surface area (Å²) in [4.78, 5) is 22.4. The summed E-state index contributed by atoms with van der Waals surface area (Å²) in [6.07, 6.45) is 3.69. The van der Waals surface area contributed by atoms with E-state index in [1.165, 1.54) is 9.36 Å². The van der Waals surface area contributed by atoms with Crippen molar-refractivity contribution >= 4 is 11.6 Å². The summed E-state index contributed by atoms with van der Waals surface area (Å²) in [6, 6.07) is 1.90. The molecule has 116 valence electrons. The van der Waals surface area contributed by atoms with Gasteiger partial charge in [0.15, 0.2) is 0 Å². The summed E-state index contributed by atoms with van der Waals surface area (Å²) in [6.45, 7) is 3.46. The quantitative estimate of drug-likeness (QED) is 0.655. The van der Waals surface area contributed by atoms with Gasteiger partial charge in [-0.1, -0.05) is 0 Å². The zero-order chi connectivity index (χ0) is 15.9. The fourth-order valence-corrected chi connectivity index (χ4v) is 2.28. The highest BCUT2D eigenvalue weighted by Crippen LogP contribution is 2.22. The van der Waals surface area contributed by atoms with E-state index >= 15 is 0 Å². The second kappa shape index (κ2) is 5.24. The zero-order valence-corrected chi connectivity index (χ0v) is 12.3. The van der Waals surface area contributed by atoms with Crippen molar-refractivity contribution in [1.29, 1.82) is 0 Å². The van der Waals surface area contributed by atoms with E-state index in [9.17, 15) is 14.9 Å². The highest BCUT2D eigenvalue weighted by atomic mass is 16.6. The predicted octanol–water partition coefficient (Wildman–Crippen LogP) is 1.00. The number of carbonyl (C=O) groups excluding carboxylic acids is 1. The lowest BCUT2D eigenvalue weighted by atomic mass is 10.3. The van der Waals surface area contributed by atoms with E-state index < -0.39 is 4.92 Å². The van der Waals surface area contributed by atoms with Crippen LogP contribution in [-0.2, 0) is 6.67 Å². The zero-order valence-electron chi connectivity index (χ0n) is 12.3. The molecule has 0 saturated heterocycles. The standard InChI is InChI=1S/C13H16N6O3/c1-8-12(19(21)22)9(2)18(15-8)7-17-6-5-11(16-17)13(20)14-10-3-4-10/h5-6,10H,3-4,7H2,1-2H3,(H,14,20). The molecule has 0 atom stereocenters. The molecule has 1 aliphatic carbocycles. The Morgan fingerprint density at radius 3 is 2.77 bits per heavy atom. The Hall–Kier alpha value is -2.71. The number of hydrogen-bond acceptors (Lipinski definition) is 5. The fourth-order valence-electron chi connectivity index (χ4n) is 2.28. The summed E-state index contributed by atoms with van der Waals surface area (Å²) < 4.78 is 3.04. The third-order valence-electron chi connectivity index (χ3n) is 3.59. The number of nitrogens with one attached hydrogen (secondary N) is 1. The molecule has 9 heteroatoms. The van der Waals surface area contributed by atoms with Gasteiger partial charge in [-0.05, 0) is 32.8 Å². The minimum atomic E-state index is -0.439. The lowest BCUT2D eigenvalue weighted by molar-refractivity contribution is -0.386. The highest BCUT2D eigenvalue weighted by molar-refractivity contribution is 5.92. The molecule has 22 heavy (non-hydrogen) atoms. The molecule has 0 radical (unpaired) electrons. The van der Waals surface area contributed by atoms with Crippen LogP contribution in [0.4, 0.5) is 5.69 Å². The Morgan fingerprint density at radius 1 is 1.45 bits per heavy atom. The van der Waals surface area contributed by atoms with Crippen molar-refractivity contribution in [3.63, 3.8) is 0 Å². The first-order chi connectivity index (χ1) is 10.5. The average Bonchev–Trinajstić information content (AvgIpc) is 3.04. The maximum absolute atomic E-state index is 11.9. The van der Waals surface area contributed by atoms with Gasteiger partial charge < -0.3 is 5.32 Å². The van der Waals surface area contributed by atoms with Crippen LogP contribution in [-0.4, -0.2) is 36.4 Å². The van der Waals surface area contributed by atoms with Gasteiger partial charge in [-0.2, -0.15) is 10.2 Å². The van der Waals surface area contributed by atoms with E-state index in [1.807, 2.05) is 0 Å². The van der Waals surface area contributed by atoms with Crippen LogP contribution in [0.5, 0.6) is 0 Å². The minimum absolute atomic E-state index is 0.0128. The molecule has 1 fully saturated rings. The number of rotatable bonds is 5. The normalized spacial score (nSPS) is 14.1. The summed E-state index contributed by atoms with van der Waals surface area (Å²) in [5.74, 6) is -0.194. The molecule has 2 heterocycles. The van der Waals surface area contributed by atoms with Crippen molar-refractivity contribution in [1.82, 2.24) is 24.9 Å². The molecule has 0 bridgehead atoms. The van der Waals surface area contributed by atoms with Crippen molar-refractivity contribution in [2.75, 3.05) is 0 Å². The van der Waals surface area contributed by atoms with Gasteiger partial charge in [0.05, 0.1) is 4.92 Å². The summed E-state index contributed by atoms with van der Waals surface area (Å²) in [5, 5.41) is 22.2. The first-order valence-electron chi connectivity index (χ1n) is 6.98. The lowest BCUT2D eigenvalue weighted by Gasteiger charge is -2.04. The first-order valence-corrected chi connectivity index (χ1v) is 6.98. The summed E-state index contributed by atoms with van der Waals surface area (Å²) in [7, 11) is 0. The molecule has 0 unspecified atom stereocenters. The second-order valence-corrected chi connectivity index (χ2v) is 5.41. The van der Waals surface area contributed by atoms with Gasteiger partial charge in [-0.25, -0.2) is 4.68 Å². The first kappa shape index (κ1) is 14.2. The number of aryl methyl sites for hydroxylation is 1. The van der Waals surface area contributed by atoms with E-state index in [0.29, 0.717) is 17.1 Å². The van der Waals surface area contributed by atoms with Gasteiger partial charge >= 0.3 is 5.69 Å². The number of carbonyl (C=O) groups is 1. The number of nitrogens with zero attached hydrogens (tertiary/aromatic N) is 5. The minimum Gasteiger partial charge on any atom is -0.348 e. The van der Waals surface area contributed by atoms with Crippen LogP contribution in [0, 0.1) is 24.0 Å². The molecule has 1 saturated carbocycles. The largest absolute Gasteiger partial charge is 0.348 e. The van der Waals surface area contributed by atoms with E-state index in [4.69, 9.17) is 0 Å². The predicted molar refractivity (Wildman–Crippen MR) is 76.5 cm³/mol. The maximum Gasteiger partial charge on any atom is 0.312 e. The molecule has 2 aromatic rings. The van der Waals surface area contributed by atoms with Gasteiger partial charge in [0.2, 0.25) is 0 Å². The number of hydrogen-bond donors (Lipinski definition) is 1. The molecule has 0 spiro atoms. The Labute approximate surface area is 126 Å². The monoisotopic (exact) mass is 304 g/mol. The van der Waals surface area contributed by atoms with Gasteiger partial charge in [0.25, 0.3) is 5.91 Å². The van der Waals surface area contributed by atoms with Crippen LogP contribution in [0.15, 0.2) is 12.3 Å². The van der Waals surface area contributed by atoms with Crippen LogP contribution >= 0.6 is 0 Å². The third-order valence-corrected chi connectivity index (χ3v) is 3.59. The maximum atomic E-state index is 11.9. The summed E-state index contributed by atoms with van der Waals surface area (Å²) >= 11 is 0. The fraction of sp³-hybridized carbons (Fsp3) is 0.462. The molecule has 3 rings (SSSR count). The number of nitro groups is 1. The third kappa shape index (κ3) is 2.69. The van der Waals surface area contributed by atoms with E-state index in [0.717, 1.165) is 12.8 Å². The van der Waals surface area contributed by atoms with Crippen molar-refractivity contribution in [2.24, 2.45) is 0 Å². The van der Waals surface area contributed by atoms with Gasteiger partial charge in [-0.15, -0.1) is 0 Å².